The number of rotatable bonds is 8. The summed E-state index contributed by atoms with van der Waals surface area (Å²) in [7, 11) is 3.05. The molecule has 0 aliphatic carbocycles. The van der Waals surface area contributed by atoms with Gasteiger partial charge in [-0.25, -0.2) is 9.79 Å². The molecule has 3 aromatic carbocycles. The Bertz CT molecular complexity index is 1820. The number of fused-ring (bicyclic) bond motifs is 2. The van der Waals surface area contributed by atoms with E-state index in [0.29, 0.717) is 49.7 Å². The van der Waals surface area contributed by atoms with Crippen LogP contribution in [0.1, 0.15) is 43.9 Å². The Morgan fingerprint density at radius 2 is 1.85 bits per heavy atom. The van der Waals surface area contributed by atoms with E-state index in [1.54, 1.807) is 36.8 Å². The third-order valence-electron chi connectivity index (χ3n) is 6.82. The van der Waals surface area contributed by atoms with Gasteiger partial charge in [-0.2, -0.15) is 0 Å². The number of phenols is 1. The van der Waals surface area contributed by atoms with Crippen molar-refractivity contribution in [2.75, 3.05) is 20.8 Å². The lowest BCUT2D eigenvalue weighted by Gasteiger charge is -2.28. The van der Waals surface area contributed by atoms with Crippen molar-refractivity contribution in [1.82, 2.24) is 4.57 Å². The van der Waals surface area contributed by atoms with Crippen LogP contribution >= 0.6 is 11.3 Å². The molecule has 0 saturated carbocycles. The topological polar surface area (TPSA) is 99.4 Å². The highest BCUT2D eigenvalue weighted by Gasteiger charge is 2.37. The summed E-state index contributed by atoms with van der Waals surface area (Å²) in [5.74, 6) is 0.357. The molecular formula is C31H30N2O6S. The van der Waals surface area contributed by atoms with Crippen LogP contribution in [0, 0.1) is 0 Å². The molecule has 0 spiro atoms. The fraction of sp³-hybridized carbons (Fsp3) is 0.258. The lowest BCUT2D eigenvalue weighted by Crippen LogP contribution is -2.40. The summed E-state index contributed by atoms with van der Waals surface area (Å²) in [6, 6.07) is 15.7. The molecule has 1 atom stereocenters. The van der Waals surface area contributed by atoms with Crippen molar-refractivity contribution in [2.24, 2.45) is 4.99 Å². The highest BCUT2D eigenvalue weighted by Crippen LogP contribution is 2.41. The first kappa shape index (κ1) is 27.2. The predicted octanol–water partition coefficient (Wildman–Crippen LogP) is 4.45. The molecule has 1 N–H and O–H groups in total. The average Bonchev–Trinajstić information content (AvgIpc) is 3.27. The average molecular weight is 559 g/mol. The molecule has 4 aromatic rings. The second-order valence-electron chi connectivity index (χ2n) is 9.25. The largest absolute Gasteiger partial charge is 0.504 e. The highest BCUT2D eigenvalue weighted by atomic mass is 32.1. The molecular weight excluding hydrogens is 528 g/mol. The summed E-state index contributed by atoms with van der Waals surface area (Å²) >= 11 is 1.25. The van der Waals surface area contributed by atoms with Crippen molar-refractivity contribution in [3.05, 3.63) is 96.7 Å². The third-order valence-corrected chi connectivity index (χ3v) is 7.80. The SMILES string of the molecule is CCCC1=C(C(=O)OCC)[C@@H](c2c(OC)ccc3ccccc23)n2c(s/c(=C\c3ccc(O)c(OC)c3)c2=O)=N1. The Balaban J connectivity index is 1.86. The molecule has 1 aromatic heterocycles. The van der Waals surface area contributed by atoms with E-state index in [-0.39, 0.29) is 17.9 Å². The quantitative estimate of drug-likeness (QED) is 0.321. The zero-order chi connectivity index (χ0) is 28.4. The second kappa shape index (κ2) is 11.4. The van der Waals surface area contributed by atoms with Gasteiger partial charge in [-0.05, 0) is 54.0 Å². The van der Waals surface area contributed by atoms with Gasteiger partial charge in [0.05, 0.1) is 36.6 Å². The van der Waals surface area contributed by atoms with Gasteiger partial charge in [-0.3, -0.25) is 9.36 Å². The molecule has 0 unspecified atom stereocenters. The number of allylic oxidation sites excluding steroid dienone is 1. The zero-order valence-corrected chi connectivity index (χ0v) is 23.6. The molecule has 0 fully saturated rings. The highest BCUT2D eigenvalue weighted by molar-refractivity contribution is 7.07. The molecule has 0 amide bonds. The predicted molar refractivity (Wildman–Crippen MR) is 155 cm³/mol. The Labute approximate surface area is 235 Å². The summed E-state index contributed by atoms with van der Waals surface area (Å²) in [5.41, 5.74) is 2.01. The molecule has 0 bridgehead atoms. The summed E-state index contributed by atoms with van der Waals surface area (Å²) in [6.45, 7) is 3.97. The van der Waals surface area contributed by atoms with Gasteiger partial charge in [0.1, 0.15) is 11.8 Å². The van der Waals surface area contributed by atoms with Gasteiger partial charge >= 0.3 is 5.97 Å². The first-order valence-electron chi connectivity index (χ1n) is 13.1. The summed E-state index contributed by atoms with van der Waals surface area (Å²) < 4.78 is 18.6. The third kappa shape index (κ3) is 4.77. The maximum atomic E-state index is 14.1. The van der Waals surface area contributed by atoms with Crippen molar-refractivity contribution < 1.29 is 24.1 Å². The summed E-state index contributed by atoms with van der Waals surface area (Å²) in [6.07, 6.45) is 3.03. The van der Waals surface area contributed by atoms with Gasteiger partial charge in [0.15, 0.2) is 16.3 Å². The number of thiazole rings is 1. The minimum atomic E-state index is -0.811. The van der Waals surface area contributed by atoms with Crippen LogP contribution in [0.2, 0.25) is 0 Å². The molecule has 40 heavy (non-hydrogen) atoms. The minimum absolute atomic E-state index is 0.00689. The van der Waals surface area contributed by atoms with E-state index in [0.717, 1.165) is 17.2 Å². The zero-order valence-electron chi connectivity index (χ0n) is 22.8. The Morgan fingerprint density at radius 3 is 2.58 bits per heavy atom. The molecule has 9 heteroatoms. The number of ether oxygens (including phenoxy) is 3. The summed E-state index contributed by atoms with van der Waals surface area (Å²) in [5, 5.41) is 11.8. The van der Waals surface area contributed by atoms with Gasteiger partial charge in [-0.1, -0.05) is 61.1 Å². The fourth-order valence-electron chi connectivity index (χ4n) is 5.07. The van der Waals surface area contributed by atoms with Crippen molar-refractivity contribution in [1.29, 1.82) is 0 Å². The molecule has 0 saturated heterocycles. The van der Waals surface area contributed by atoms with E-state index >= 15 is 0 Å². The van der Waals surface area contributed by atoms with Crippen molar-refractivity contribution in [3.8, 4) is 17.2 Å². The van der Waals surface area contributed by atoms with Crippen LogP contribution in [0.25, 0.3) is 16.8 Å². The number of hydrogen-bond donors (Lipinski definition) is 1. The van der Waals surface area contributed by atoms with E-state index in [1.165, 1.54) is 24.5 Å². The van der Waals surface area contributed by atoms with Crippen LogP contribution in [-0.4, -0.2) is 36.5 Å². The number of aromatic hydroxyl groups is 1. The van der Waals surface area contributed by atoms with Crippen molar-refractivity contribution in [2.45, 2.75) is 32.7 Å². The minimum Gasteiger partial charge on any atom is -0.504 e. The van der Waals surface area contributed by atoms with E-state index in [1.807, 2.05) is 43.3 Å². The lowest BCUT2D eigenvalue weighted by molar-refractivity contribution is -0.139. The number of nitrogens with zero attached hydrogens (tertiary/aromatic N) is 2. The van der Waals surface area contributed by atoms with Gasteiger partial charge in [-0.15, -0.1) is 0 Å². The first-order valence-corrected chi connectivity index (χ1v) is 13.9. The Morgan fingerprint density at radius 1 is 1.07 bits per heavy atom. The standard InChI is InChI=1S/C31H30N2O6S/c1-5-9-21-27(30(36)39-6-2)28(26-20-11-8-7-10-19(20)13-15-23(26)37-3)33-29(35)25(40-31(33)32-21)17-18-12-14-22(34)24(16-18)38-4/h7-8,10-17,28,34H,5-6,9H2,1-4H3/b25-17-/t28-/m1/s1. The van der Waals surface area contributed by atoms with E-state index in [2.05, 4.69) is 0 Å². The number of esters is 1. The number of phenolic OH excluding ortho intramolecular Hbond substituents is 1. The number of carbonyl (C=O) groups excluding carboxylic acids is 1. The smallest absolute Gasteiger partial charge is 0.338 e. The molecule has 206 valence electrons. The Kier molecular flexibility index (Phi) is 7.75. The Hall–Kier alpha value is -4.37. The number of aromatic nitrogens is 1. The number of carbonyl (C=O) groups is 1. The number of hydrogen-bond acceptors (Lipinski definition) is 8. The maximum Gasteiger partial charge on any atom is 0.338 e. The number of methoxy groups -OCH3 is 2. The normalized spacial score (nSPS) is 15.1. The van der Waals surface area contributed by atoms with Crippen molar-refractivity contribution in [3.63, 3.8) is 0 Å². The number of benzene rings is 3. The molecule has 8 nitrogen and oxygen atoms in total. The molecule has 1 aliphatic heterocycles. The first-order chi connectivity index (χ1) is 19.4. The van der Waals surface area contributed by atoms with E-state index in [9.17, 15) is 14.7 Å². The lowest BCUT2D eigenvalue weighted by atomic mass is 9.90. The van der Waals surface area contributed by atoms with Crippen LogP contribution in [0.3, 0.4) is 0 Å². The molecule has 0 radical (unpaired) electrons. The van der Waals surface area contributed by atoms with Crippen LogP contribution in [0.5, 0.6) is 17.2 Å². The molecule has 1 aliphatic rings. The monoisotopic (exact) mass is 558 g/mol. The van der Waals surface area contributed by atoms with E-state index in [4.69, 9.17) is 19.2 Å². The van der Waals surface area contributed by atoms with Crippen LogP contribution in [-0.2, 0) is 9.53 Å². The van der Waals surface area contributed by atoms with Gasteiger partial charge in [0, 0.05) is 5.56 Å². The maximum absolute atomic E-state index is 14.1. The van der Waals surface area contributed by atoms with Crippen molar-refractivity contribution >= 4 is 34.2 Å². The molecule has 2 heterocycles. The summed E-state index contributed by atoms with van der Waals surface area (Å²) in [4.78, 5) is 33.0. The second-order valence-corrected chi connectivity index (χ2v) is 10.3. The van der Waals surface area contributed by atoms with Crippen LogP contribution < -0.4 is 24.4 Å². The van der Waals surface area contributed by atoms with Gasteiger partial charge < -0.3 is 19.3 Å². The molecule has 5 rings (SSSR count). The fourth-order valence-corrected chi connectivity index (χ4v) is 6.08. The van der Waals surface area contributed by atoms with Crippen LogP contribution in [0.15, 0.2) is 75.7 Å². The van der Waals surface area contributed by atoms with Gasteiger partial charge in [0.2, 0.25) is 0 Å². The van der Waals surface area contributed by atoms with Crippen LogP contribution in [0.4, 0.5) is 0 Å². The van der Waals surface area contributed by atoms with Gasteiger partial charge in [0.25, 0.3) is 5.56 Å². The van der Waals surface area contributed by atoms with E-state index < -0.39 is 12.0 Å².